The van der Waals surface area contributed by atoms with Crippen molar-refractivity contribution in [3.8, 4) is 0 Å². The molecule has 6 nitrogen and oxygen atoms in total. The van der Waals surface area contributed by atoms with Gasteiger partial charge >= 0.3 is 0 Å². The Morgan fingerprint density at radius 1 is 1.20 bits per heavy atom. The van der Waals surface area contributed by atoms with E-state index in [1.54, 1.807) is 29.5 Å². The largest absolute Gasteiger partial charge is 0.345 e. The smallest absolute Gasteiger partial charge is 0.227 e. The number of fused-ring (bicyclic) bond motifs is 1. The lowest BCUT2D eigenvalue weighted by Gasteiger charge is -2.35. The Bertz CT molecular complexity index is 937. The summed E-state index contributed by atoms with van der Waals surface area (Å²) in [4.78, 5) is 35.0. The molecule has 30 heavy (non-hydrogen) atoms. The van der Waals surface area contributed by atoms with Gasteiger partial charge in [0.05, 0.1) is 11.4 Å². The maximum absolute atomic E-state index is 13.8. The lowest BCUT2D eigenvalue weighted by atomic mass is 9.90. The van der Waals surface area contributed by atoms with Gasteiger partial charge in [-0.2, -0.15) is 0 Å². The van der Waals surface area contributed by atoms with E-state index in [1.165, 1.54) is 6.07 Å². The number of nitrogens with one attached hydrogen (secondary N) is 1. The molecule has 4 rings (SSSR count). The zero-order valence-electron chi connectivity index (χ0n) is 17.4. The minimum Gasteiger partial charge on any atom is -0.345 e. The lowest BCUT2D eigenvalue weighted by Crippen LogP contribution is -2.49. The highest BCUT2D eigenvalue weighted by Crippen LogP contribution is 2.35. The number of nitrogens with zero attached hydrogens (tertiary/aromatic N) is 3. The highest BCUT2D eigenvalue weighted by Gasteiger charge is 2.30. The number of aromatic nitrogens is 1. The second-order valence-corrected chi connectivity index (χ2v) is 9.30. The summed E-state index contributed by atoms with van der Waals surface area (Å²) < 4.78 is 13.8. The number of hydrogen-bond donors (Lipinski definition) is 1. The number of anilines is 2. The van der Waals surface area contributed by atoms with Gasteiger partial charge in [0.2, 0.25) is 11.8 Å². The summed E-state index contributed by atoms with van der Waals surface area (Å²) in [6.07, 6.45) is 2.11. The van der Waals surface area contributed by atoms with Crippen LogP contribution in [-0.2, 0) is 22.4 Å². The molecular formula is C22H27FN4O2S. The maximum Gasteiger partial charge on any atom is 0.227 e. The van der Waals surface area contributed by atoms with Crippen molar-refractivity contribution in [1.82, 2.24) is 9.88 Å². The fourth-order valence-electron chi connectivity index (χ4n) is 4.00. The molecule has 0 radical (unpaired) electrons. The van der Waals surface area contributed by atoms with Gasteiger partial charge in [-0.15, -0.1) is 11.3 Å². The quantitative estimate of drug-likeness (QED) is 0.808. The van der Waals surface area contributed by atoms with Crippen LogP contribution in [0.5, 0.6) is 0 Å². The van der Waals surface area contributed by atoms with Crippen LogP contribution in [-0.4, -0.2) is 47.9 Å². The Morgan fingerprint density at radius 3 is 2.63 bits per heavy atom. The van der Waals surface area contributed by atoms with Crippen LogP contribution >= 0.6 is 11.3 Å². The standard InChI is InChI=1S/C22H27FN4O2S/c1-14(2)21(29)26-9-11-27(12-10-26)22-25-18-8-7-15(13-19(18)30-22)20(28)24-17-6-4-3-5-16(17)23/h3-6,14-15H,7-13H2,1-2H3,(H,24,28)/t15-/m0/s1. The highest BCUT2D eigenvalue weighted by molar-refractivity contribution is 7.15. The number of carbonyl (C=O) groups is 2. The first-order chi connectivity index (χ1) is 14.4. The predicted molar refractivity (Wildman–Crippen MR) is 116 cm³/mol. The number of amides is 2. The van der Waals surface area contributed by atoms with Crippen LogP contribution in [0.15, 0.2) is 24.3 Å². The second-order valence-electron chi connectivity index (χ2n) is 8.24. The molecule has 0 bridgehead atoms. The molecule has 2 heterocycles. The molecule has 1 N–H and O–H groups in total. The van der Waals surface area contributed by atoms with Gasteiger partial charge in [-0.3, -0.25) is 9.59 Å². The molecule has 1 saturated heterocycles. The summed E-state index contributed by atoms with van der Waals surface area (Å²) in [7, 11) is 0. The van der Waals surface area contributed by atoms with Gasteiger partial charge in [-0.25, -0.2) is 9.37 Å². The predicted octanol–water partition coefficient (Wildman–Crippen LogP) is 3.33. The monoisotopic (exact) mass is 430 g/mol. The van der Waals surface area contributed by atoms with E-state index >= 15 is 0 Å². The van der Waals surface area contributed by atoms with E-state index in [2.05, 4.69) is 10.2 Å². The van der Waals surface area contributed by atoms with E-state index in [0.29, 0.717) is 12.8 Å². The SMILES string of the molecule is CC(C)C(=O)N1CCN(c2nc3c(s2)C[C@@H](C(=O)Nc2ccccc2F)CC3)CC1. The molecule has 0 spiro atoms. The topological polar surface area (TPSA) is 65.5 Å². The van der Waals surface area contributed by atoms with Crippen LogP contribution in [0.2, 0.25) is 0 Å². The molecule has 1 atom stereocenters. The van der Waals surface area contributed by atoms with Crippen molar-refractivity contribution in [2.75, 3.05) is 36.4 Å². The Hall–Kier alpha value is -2.48. The van der Waals surface area contributed by atoms with Crippen LogP contribution < -0.4 is 10.2 Å². The molecule has 8 heteroatoms. The van der Waals surface area contributed by atoms with E-state index in [1.807, 2.05) is 18.7 Å². The molecule has 0 unspecified atom stereocenters. The Kier molecular flexibility index (Phi) is 6.04. The van der Waals surface area contributed by atoms with Gasteiger partial charge in [0.15, 0.2) is 5.13 Å². The molecule has 1 aromatic heterocycles. The molecule has 160 valence electrons. The van der Waals surface area contributed by atoms with Gasteiger partial charge in [0.1, 0.15) is 5.82 Å². The summed E-state index contributed by atoms with van der Waals surface area (Å²) in [5.41, 5.74) is 1.30. The average molecular weight is 431 g/mol. The summed E-state index contributed by atoms with van der Waals surface area (Å²) >= 11 is 1.65. The number of para-hydroxylation sites is 1. The van der Waals surface area contributed by atoms with Gasteiger partial charge in [-0.1, -0.05) is 26.0 Å². The molecule has 0 saturated carbocycles. The number of benzene rings is 1. The molecular weight excluding hydrogens is 403 g/mol. The fraction of sp³-hybridized carbons (Fsp3) is 0.500. The molecule has 2 amide bonds. The van der Waals surface area contributed by atoms with E-state index in [9.17, 15) is 14.0 Å². The van der Waals surface area contributed by atoms with Crippen LogP contribution in [0.1, 0.15) is 30.8 Å². The fourth-order valence-corrected chi connectivity index (χ4v) is 5.24. The summed E-state index contributed by atoms with van der Waals surface area (Å²) in [5.74, 6) is -0.502. The van der Waals surface area contributed by atoms with Crippen LogP contribution in [0.3, 0.4) is 0 Å². The second kappa shape index (κ2) is 8.71. The molecule has 2 aromatic rings. The third-order valence-electron chi connectivity index (χ3n) is 5.79. The van der Waals surface area contributed by atoms with E-state index in [-0.39, 0.29) is 29.3 Å². The molecule has 1 fully saturated rings. The number of piperazine rings is 1. The normalized spacial score (nSPS) is 19.0. The van der Waals surface area contributed by atoms with Crippen molar-refractivity contribution in [3.63, 3.8) is 0 Å². The molecule has 1 aromatic carbocycles. The highest BCUT2D eigenvalue weighted by atomic mass is 32.1. The zero-order valence-corrected chi connectivity index (χ0v) is 18.2. The number of halogens is 1. The third kappa shape index (κ3) is 4.33. The van der Waals surface area contributed by atoms with Crippen LogP contribution in [0.25, 0.3) is 0 Å². The van der Waals surface area contributed by atoms with Crippen molar-refractivity contribution in [2.45, 2.75) is 33.1 Å². The van der Waals surface area contributed by atoms with Crippen LogP contribution in [0.4, 0.5) is 15.2 Å². The molecule has 1 aliphatic heterocycles. The van der Waals surface area contributed by atoms with Gasteiger partial charge < -0.3 is 15.1 Å². The number of hydrogen-bond acceptors (Lipinski definition) is 5. The van der Waals surface area contributed by atoms with Crippen molar-refractivity contribution in [2.24, 2.45) is 11.8 Å². The van der Waals surface area contributed by atoms with Crippen LogP contribution in [0, 0.1) is 17.7 Å². The van der Waals surface area contributed by atoms with E-state index in [4.69, 9.17) is 4.98 Å². The van der Waals surface area contributed by atoms with Crippen molar-refractivity contribution >= 4 is 34.0 Å². The first-order valence-corrected chi connectivity index (χ1v) is 11.3. The minimum atomic E-state index is -0.419. The number of rotatable bonds is 4. The van der Waals surface area contributed by atoms with E-state index in [0.717, 1.165) is 48.3 Å². The Morgan fingerprint density at radius 2 is 1.93 bits per heavy atom. The van der Waals surface area contributed by atoms with Gasteiger partial charge in [0, 0.05) is 42.9 Å². The maximum atomic E-state index is 13.8. The summed E-state index contributed by atoms with van der Waals surface area (Å²) in [6.45, 7) is 6.86. The number of carbonyl (C=O) groups excluding carboxylic acids is 2. The van der Waals surface area contributed by atoms with Gasteiger partial charge in [-0.05, 0) is 31.4 Å². The van der Waals surface area contributed by atoms with Crippen molar-refractivity contribution in [3.05, 3.63) is 40.7 Å². The summed E-state index contributed by atoms with van der Waals surface area (Å²) in [5, 5.41) is 3.71. The Labute approximate surface area is 180 Å². The number of aryl methyl sites for hydroxylation is 1. The van der Waals surface area contributed by atoms with Crippen molar-refractivity contribution < 1.29 is 14.0 Å². The third-order valence-corrected chi connectivity index (χ3v) is 6.97. The average Bonchev–Trinajstić information content (AvgIpc) is 3.18. The van der Waals surface area contributed by atoms with Gasteiger partial charge in [0.25, 0.3) is 0 Å². The number of thiazole rings is 1. The minimum absolute atomic E-state index is 0.0242. The Balaban J connectivity index is 1.37. The first-order valence-electron chi connectivity index (χ1n) is 10.5. The first kappa shape index (κ1) is 20.8. The zero-order chi connectivity index (χ0) is 21.3. The lowest BCUT2D eigenvalue weighted by molar-refractivity contribution is -0.134. The summed E-state index contributed by atoms with van der Waals surface area (Å²) in [6, 6.07) is 6.24. The van der Waals surface area contributed by atoms with Crippen molar-refractivity contribution in [1.29, 1.82) is 0 Å². The molecule has 2 aliphatic rings. The van der Waals surface area contributed by atoms with E-state index < -0.39 is 5.82 Å². The molecule has 1 aliphatic carbocycles.